The minimum Gasteiger partial charge on any atom is -0.493 e. The van der Waals surface area contributed by atoms with Crippen molar-refractivity contribution in [2.24, 2.45) is 0 Å². The fourth-order valence-electron chi connectivity index (χ4n) is 3.11. The Morgan fingerprint density at radius 1 is 1.26 bits per heavy atom. The van der Waals surface area contributed by atoms with Crippen LogP contribution in [0, 0.1) is 13.8 Å². The molecule has 31 heavy (non-hydrogen) atoms. The van der Waals surface area contributed by atoms with Gasteiger partial charge in [-0.1, -0.05) is 11.2 Å². The highest BCUT2D eigenvalue weighted by Crippen LogP contribution is 2.31. The highest BCUT2D eigenvalue weighted by atomic mass is 32.2. The number of hydrogen-bond acceptors (Lipinski definition) is 7. The van der Waals surface area contributed by atoms with Gasteiger partial charge >= 0.3 is 0 Å². The molecule has 1 amide bonds. The number of benzene rings is 1. The molecule has 1 N–H and O–H groups in total. The summed E-state index contributed by atoms with van der Waals surface area (Å²) in [6.45, 7) is 8.20. The predicted molar refractivity (Wildman–Crippen MR) is 120 cm³/mol. The minimum atomic E-state index is -0.224. The predicted octanol–water partition coefficient (Wildman–Crippen LogP) is 4.88. The number of aromatic nitrogens is 2. The van der Waals surface area contributed by atoms with Gasteiger partial charge in [-0.2, -0.15) is 0 Å². The van der Waals surface area contributed by atoms with Gasteiger partial charge in [0.15, 0.2) is 11.5 Å². The molecule has 0 aliphatic rings. The lowest BCUT2D eigenvalue weighted by atomic mass is 10.1. The molecule has 1 unspecified atom stereocenters. The highest BCUT2D eigenvalue weighted by Gasteiger charge is 2.18. The largest absolute Gasteiger partial charge is 0.493 e. The topological polar surface area (TPSA) is 86.5 Å². The molecule has 7 nitrogen and oxygen atoms in total. The number of rotatable bonds is 9. The molecule has 0 saturated carbocycles. The molecular weight excluding hydrogens is 414 g/mol. The number of thioether (sulfide) groups is 1. The monoisotopic (exact) mass is 441 g/mol. The van der Waals surface area contributed by atoms with Gasteiger partial charge in [0.2, 0.25) is 0 Å². The quantitative estimate of drug-likeness (QED) is 0.474. The van der Waals surface area contributed by atoms with Gasteiger partial charge in [0.05, 0.1) is 31.0 Å². The molecule has 0 radical (unpaired) electrons. The van der Waals surface area contributed by atoms with E-state index in [1.54, 1.807) is 25.4 Å². The van der Waals surface area contributed by atoms with Crippen molar-refractivity contribution < 1.29 is 18.8 Å². The van der Waals surface area contributed by atoms with Gasteiger partial charge in [-0.3, -0.25) is 4.79 Å². The average Bonchev–Trinajstić information content (AvgIpc) is 3.10. The summed E-state index contributed by atoms with van der Waals surface area (Å²) in [5.41, 5.74) is 3.33. The third kappa shape index (κ3) is 5.38. The van der Waals surface area contributed by atoms with Gasteiger partial charge in [0.25, 0.3) is 5.91 Å². The first-order valence-corrected chi connectivity index (χ1v) is 11.0. The van der Waals surface area contributed by atoms with Gasteiger partial charge in [-0.25, -0.2) is 4.98 Å². The number of methoxy groups -OCH3 is 1. The van der Waals surface area contributed by atoms with E-state index in [0.29, 0.717) is 34.4 Å². The van der Waals surface area contributed by atoms with Crippen LogP contribution >= 0.6 is 11.8 Å². The van der Waals surface area contributed by atoms with Crippen LogP contribution in [0.25, 0.3) is 0 Å². The van der Waals surface area contributed by atoms with Crippen molar-refractivity contribution in [1.82, 2.24) is 15.5 Å². The summed E-state index contributed by atoms with van der Waals surface area (Å²) in [5.74, 6) is 2.54. The second kappa shape index (κ2) is 10.3. The van der Waals surface area contributed by atoms with E-state index in [1.165, 1.54) is 11.8 Å². The molecule has 1 atom stereocenters. The molecule has 0 saturated heterocycles. The van der Waals surface area contributed by atoms with Crippen LogP contribution in [0.3, 0.4) is 0 Å². The zero-order chi connectivity index (χ0) is 22.4. The van der Waals surface area contributed by atoms with Crippen LogP contribution in [0.1, 0.15) is 52.8 Å². The van der Waals surface area contributed by atoms with E-state index in [0.717, 1.165) is 22.6 Å². The van der Waals surface area contributed by atoms with Crippen molar-refractivity contribution in [2.45, 2.75) is 44.5 Å². The third-order valence-electron chi connectivity index (χ3n) is 4.89. The number of ether oxygens (including phenoxy) is 2. The molecule has 0 aliphatic heterocycles. The lowest BCUT2D eigenvalue weighted by Crippen LogP contribution is -2.27. The molecule has 3 aromatic rings. The lowest BCUT2D eigenvalue weighted by molar-refractivity contribution is 0.0936. The Balaban J connectivity index is 1.73. The Morgan fingerprint density at radius 3 is 2.74 bits per heavy atom. The van der Waals surface area contributed by atoms with Crippen molar-refractivity contribution in [1.29, 1.82) is 0 Å². The third-order valence-corrected chi connectivity index (χ3v) is 5.92. The van der Waals surface area contributed by atoms with E-state index in [-0.39, 0.29) is 11.9 Å². The Labute approximate surface area is 186 Å². The number of nitrogens with zero attached hydrogens (tertiary/aromatic N) is 2. The van der Waals surface area contributed by atoms with Crippen LogP contribution in [0.4, 0.5) is 0 Å². The van der Waals surface area contributed by atoms with Crippen LogP contribution in [-0.4, -0.2) is 29.8 Å². The average molecular weight is 442 g/mol. The Morgan fingerprint density at radius 2 is 2.06 bits per heavy atom. The molecule has 2 aromatic heterocycles. The number of aryl methyl sites for hydroxylation is 2. The maximum Gasteiger partial charge on any atom is 0.254 e. The minimum absolute atomic E-state index is 0.185. The van der Waals surface area contributed by atoms with Crippen molar-refractivity contribution in [3.63, 3.8) is 0 Å². The van der Waals surface area contributed by atoms with Gasteiger partial charge in [0, 0.05) is 17.5 Å². The van der Waals surface area contributed by atoms with E-state index in [4.69, 9.17) is 14.0 Å². The van der Waals surface area contributed by atoms with Crippen molar-refractivity contribution in [2.75, 3.05) is 13.7 Å². The van der Waals surface area contributed by atoms with Crippen molar-refractivity contribution >= 4 is 17.7 Å². The van der Waals surface area contributed by atoms with Gasteiger partial charge in [-0.15, -0.1) is 11.8 Å². The standard InChI is InChI=1S/C23H27N3O4S/c1-6-29-20-10-9-17(12-21(20)28-5)14(2)25-22(27)18-8-7-11-24-23(18)31-13-19-15(3)26-30-16(19)4/h7-12,14H,6,13H2,1-5H3,(H,25,27). The molecule has 3 rings (SSSR count). The van der Waals surface area contributed by atoms with Gasteiger partial charge < -0.3 is 19.3 Å². The summed E-state index contributed by atoms with van der Waals surface area (Å²) in [6.07, 6.45) is 1.69. The van der Waals surface area contributed by atoms with Crippen LogP contribution in [0.2, 0.25) is 0 Å². The van der Waals surface area contributed by atoms with Crippen LogP contribution in [0.5, 0.6) is 11.5 Å². The van der Waals surface area contributed by atoms with E-state index in [9.17, 15) is 4.79 Å². The van der Waals surface area contributed by atoms with Crippen molar-refractivity contribution in [3.8, 4) is 11.5 Å². The summed E-state index contributed by atoms with van der Waals surface area (Å²) in [5, 5.41) is 7.70. The smallest absolute Gasteiger partial charge is 0.254 e. The zero-order valence-corrected chi connectivity index (χ0v) is 19.2. The fraction of sp³-hybridized carbons (Fsp3) is 0.348. The maximum absolute atomic E-state index is 13.0. The van der Waals surface area contributed by atoms with Crippen LogP contribution in [-0.2, 0) is 5.75 Å². The number of carbonyl (C=O) groups is 1. The second-order valence-electron chi connectivity index (χ2n) is 6.99. The van der Waals surface area contributed by atoms with E-state index in [2.05, 4.69) is 15.5 Å². The van der Waals surface area contributed by atoms with E-state index < -0.39 is 0 Å². The first-order chi connectivity index (χ1) is 14.9. The SMILES string of the molecule is CCOc1ccc(C(C)NC(=O)c2cccnc2SCc2c(C)noc2C)cc1OC. The van der Waals surface area contributed by atoms with Gasteiger partial charge in [-0.05, 0) is 57.5 Å². The van der Waals surface area contributed by atoms with Crippen molar-refractivity contribution in [3.05, 3.63) is 64.7 Å². The molecule has 1 aromatic carbocycles. The molecule has 164 valence electrons. The molecule has 0 bridgehead atoms. The first-order valence-electron chi connectivity index (χ1n) is 10.1. The molecule has 2 heterocycles. The maximum atomic E-state index is 13.0. The van der Waals surface area contributed by atoms with Crippen LogP contribution < -0.4 is 14.8 Å². The molecule has 0 spiro atoms. The lowest BCUT2D eigenvalue weighted by Gasteiger charge is -2.17. The summed E-state index contributed by atoms with van der Waals surface area (Å²) in [4.78, 5) is 17.4. The first kappa shape index (κ1) is 22.7. The number of carbonyl (C=O) groups excluding carboxylic acids is 1. The molecule has 0 aliphatic carbocycles. The van der Waals surface area contributed by atoms with Crippen LogP contribution in [0.15, 0.2) is 46.1 Å². The number of amides is 1. The van der Waals surface area contributed by atoms with Gasteiger partial charge in [0.1, 0.15) is 10.8 Å². The normalized spacial score (nSPS) is 11.8. The Kier molecular flexibility index (Phi) is 7.57. The summed E-state index contributed by atoms with van der Waals surface area (Å²) in [6, 6.07) is 8.98. The molecule has 0 fully saturated rings. The molecule has 8 heteroatoms. The number of nitrogens with one attached hydrogen (secondary N) is 1. The summed E-state index contributed by atoms with van der Waals surface area (Å²) in [7, 11) is 1.60. The summed E-state index contributed by atoms with van der Waals surface area (Å²) >= 11 is 1.49. The Hall–Kier alpha value is -3.00. The number of hydrogen-bond donors (Lipinski definition) is 1. The zero-order valence-electron chi connectivity index (χ0n) is 18.4. The number of pyridine rings is 1. The Bertz CT molecular complexity index is 1030. The highest BCUT2D eigenvalue weighted by molar-refractivity contribution is 7.98. The summed E-state index contributed by atoms with van der Waals surface area (Å²) < 4.78 is 16.2. The molecular formula is C23H27N3O4S. The second-order valence-corrected chi connectivity index (χ2v) is 7.95. The van der Waals surface area contributed by atoms with E-state index >= 15 is 0 Å². The van der Waals surface area contributed by atoms with E-state index in [1.807, 2.05) is 45.9 Å². The fourth-order valence-corrected chi connectivity index (χ4v) is 4.26.